The Kier molecular flexibility index (Phi) is 7.89. The number of imidazole rings is 1. The molecule has 0 spiro atoms. The molecule has 30 heavy (non-hydrogen) atoms. The first-order valence-corrected chi connectivity index (χ1v) is 11.0. The standard InChI is InChI=1S/C25H33N3O2/c1-4-9-25(29)26-15-14-24-27-22-10-5-6-11-23(22)28(24)16-7-8-17-30-21-13-12-19(2)20(3)18-21/h5-6,10-13,18H,4,7-9,14-17H2,1-3H3,(H,26,29). The van der Waals surface area contributed by atoms with E-state index in [1.165, 1.54) is 11.1 Å². The molecule has 0 saturated carbocycles. The minimum atomic E-state index is 0.114. The highest BCUT2D eigenvalue weighted by Gasteiger charge is 2.10. The zero-order valence-corrected chi connectivity index (χ0v) is 18.4. The van der Waals surface area contributed by atoms with Crippen molar-refractivity contribution in [2.75, 3.05) is 13.2 Å². The average molecular weight is 408 g/mol. The Morgan fingerprint density at radius 1 is 1.10 bits per heavy atom. The molecule has 3 rings (SSSR count). The van der Waals surface area contributed by atoms with Crippen molar-refractivity contribution in [3.63, 3.8) is 0 Å². The summed E-state index contributed by atoms with van der Waals surface area (Å²) in [6.07, 6.45) is 4.18. The number of nitrogens with zero attached hydrogens (tertiary/aromatic N) is 2. The van der Waals surface area contributed by atoms with E-state index in [-0.39, 0.29) is 5.91 Å². The van der Waals surface area contributed by atoms with E-state index in [0.717, 1.165) is 54.8 Å². The van der Waals surface area contributed by atoms with E-state index < -0.39 is 0 Å². The Bertz CT molecular complexity index is 978. The van der Waals surface area contributed by atoms with Gasteiger partial charge in [0.05, 0.1) is 17.6 Å². The third-order valence-corrected chi connectivity index (χ3v) is 5.40. The Morgan fingerprint density at radius 3 is 2.73 bits per heavy atom. The van der Waals surface area contributed by atoms with Crippen LogP contribution in [0.1, 0.15) is 49.6 Å². The minimum absolute atomic E-state index is 0.114. The summed E-state index contributed by atoms with van der Waals surface area (Å²) in [5.74, 6) is 2.08. The van der Waals surface area contributed by atoms with Crippen molar-refractivity contribution in [3.8, 4) is 5.75 Å². The molecule has 0 unspecified atom stereocenters. The number of rotatable bonds is 11. The fourth-order valence-electron chi connectivity index (χ4n) is 3.56. The summed E-state index contributed by atoms with van der Waals surface area (Å²) in [6.45, 7) is 8.47. The molecule has 160 valence electrons. The zero-order valence-electron chi connectivity index (χ0n) is 18.4. The number of hydrogen-bond donors (Lipinski definition) is 1. The van der Waals surface area contributed by atoms with Gasteiger partial charge in [-0.15, -0.1) is 0 Å². The molecule has 1 aromatic heterocycles. The summed E-state index contributed by atoms with van der Waals surface area (Å²) in [5, 5.41) is 2.99. The topological polar surface area (TPSA) is 56.2 Å². The highest BCUT2D eigenvalue weighted by molar-refractivity contribution is 5.76. The molecule has 2 aromatic carbocycles. The second-order valence-corrected chi connectivity index (χ2v) is 7.82. The summed E-state index contributed by atoms with van der Waals surface area (Å²) >= 11 is 0. The van der Waals surface area contributed by atoms with Crippen molar-refractivity contribution >= 4 is 16.9 Å². The lowest BCUT2D eigenvalue weighted by molar-refractivity contribution is -0.121. The number of nitrogens with one attached hydrogen (secondary N) is 1. The number of aromatic nitrogens is 2. The number of unbranched alkanes of at least 4 members (excludes halogenated alkanes) is 1. The van der Waals surface area contributed by atoms with Crippen molar-refractivity contribution in [1.82, 2.24) is 14.9 Å². The van der Waals surface area contributed by atoms with Crippen LogP contribution in [-0.2, 0) is 17.8 Å². The molecule has 1 N–H and O–H groups in total. The van der Waals surface area contributed by atoms with Crippen LogP contribution in [0.4, 0.5) is 0 Å². The van der Waals surface area contributed by atoms with Gasteiger partial charge in [-0.3, -0.25) is 4.79 Å². The fraction of sp³-hybridized carbons (Fsp3) is 0.440. The Labute approximate surface area is 179 Å². The predicted molar refractivity (Wildman–Crippen MR) is 122 cm³/mol. The number of ether oxygens (including phenoxy) is 1. The van der Waals surface area contributed by atoms with Crippen LogP contribution in [0.25, 0.3) is 11.0 Å². The highest BCUT2D eigenvalue weighted by Crippen LogP contribution is 2.19. The third-order valence-electron chi connectivity index (χ3n) is 5.40. The molecule has 3 aromatic rings. The largest absolute Gasteiger partial charge is 0.494 e. The van der Waals surface area contributed by atoms with Crippen molar-refractivity contribution in [3.05, 3.63) is 59.4 Å². The van der Waals surface area contributed by atoms with Gasteiger partial charge in [0, 0.05) is 25.9 Å². The number of hydrogen-bond acceptors (Lipinski definition) is 3. The number of benzene rings is 2. The van der Waals surface area contributed by atoms with Crippen LogP contribution in [0, 0.1) is 13.8 Å². The zero-order chi connectivity index (χ0) is 21.3. The molecular formula is C25H33N3O2. The Morgan fingerprint density at radius 2 is 1.93 bits per heavy atom. The SMILES string of the molecule is CCCC(=O)NCCc1nc2ccccc2n1CCCCOc1ccc(C)c(C)c1. The summed E-state index contributed by atoms with van der Waals surface area (Å²) < 4.78 is 8.21. The lowest BCUT2D eigenvalue weighted by atomic mass is 10.1. The van der Waals surface area contributed by atoms with Crippen LogP contribution in [0.2, 0.25) is 0 Å². The van der Waals surface area contributed by atoms with Gasteiger partial charge in [0.25, 0.3) is 0 Å². The third kappa shape index (κ3) is 5.85. The lowest BCUT2D eigenvalue weighted by Gasteiger charge is -2.11. The van der Waals surface area contributed by atoms with Gasteiger partial charge < -0.3 is 14.6 Å². The first-order valence-electron chi connectivity index (χ1n) is 11.0. The summed E-state index contributed by atoms with van der Waals surface area (Å²) in [4.78, 5) is 16.5. The molecule has 5 nitrogen and oxygen atoms in total. The van der Waals surface area contributed by atoms with Crippen LogP contribution in [0.5, 0.6) is 5.75 Å². The molecule has 0 radical (unpaired) electrons. The summed E-state index contributed by atoms with van der Waals surface area (Å²) in [5.41, 5.74) is 4.71. The number of para-hydroxylation sites is 2. The first kappa shape index (κ1) is 21.9. The van der Waals surface area contributed by atoms with E-state index in [1.807, 2.05) is 25.1 Å². The summed E-state index contributed by atoms with van der Waals surface area (Å²) in [6, 6.07) is 14.5. The van der Waals surface area contributed by atoms with E-state index in [4.69, 9.17) is 9.72 Å². The monoisotopic (exact) mass is 407 g/mol. The number of carbonyl (C=O) groups excluding carboxylic acids is 1. The second-order valence-electron chi connectivity index (χ2n) is 7.82. The maximum absolute atomic E-state index is 11.7. The smallest absolute Gasteiger partial charge is 0.219 e. The molecule has 0 fully saturated rings. The second kappa shape index (κ2) is 10.8. The number of aryl methyl sites for hydroxylation is 3. The van der Waals surface area contributed by atoms with Gasteiger partial charge in [-0.25, -0.2) is 4.98 Å². The fourth-order valence-corrected chi connectivity index (χ4v) is 3.56. The Hall–Kier alpha value is -2.82. The molecule has 0 atom stereocenters. The van der Waals surface area contributed by atoms with Crippen LogP contribution in [0.3, 0.4) is 0 Å². The van der Waals surface area contributed by atoms with E-state index >= 15 is 0 Å². The maximum Gasteiger partial charge on any atom is 0.219 e. The highest BCUT2D eigenvalue weighted by atomic mass is 16.5. The average Bonchev–Trinajstić information content (AvgIpc) is 3.08. The van der Waals surface area contributed by atoms with Crippen molar-refractivity contribution in [2.45, 2.75) is 59.4 Å². The molecule has 0 bridgehead atoms. The van der Waals surface area contributed by atoms with Crippen molar-refractivity contribution in [2.24, 2.45) is 0 Å². The lowest BCUT2D eigenvalue weighted by Crippen LogP contribution is -2.26. The Balaban J connectivity index is 1.54. The molecule has 0 aliphatic heterocycles. The van der Waals surface area contributed by atoms with Crippen LogP contribution in [-0.4, -0.2) is 28.6 Å². The molecule has 5 heteroatoms. The van der Waals surface area contributed by atoms with Gasteiger partial charge in [-0.2, -0.15) is 0 Å². The molecular weight excluding hydrogens is 374 g/mol. The number of carbonyl (C=O) groups is 1. The van der Waals surface area contributed by atoms with Crippen LogP contribution in [0.15, 0.2) is 42.5 Å². The predicted octanol–water partition coefficient (Wildman–Crippen LogP) is 4.97. The number of amides is 1. The molecule has 0 saturated heterocycles. The molecule has 1 amide bonds. The molecule has 1 heterocycles. The van der Waals surface area contributed by atoms with Gasteiger partial charge in [0.2, 0.25) is 5.91 Å². The van der Waals surface area contributed by atoms with E-state index in [2.05, 4.69) is 48.0 Å². The van der Waals surface area contributed by atoms with Gasteiger partial charge in [-0.05, 0) is 68.5 Å². The van der Waals surface area contributed by atoms with Gasteiger partial charge in [0.1, 0.15) is 11.6 Å². The van der Waals surface area contributed by atoms with E-state index in [0.29, 0.717) is 19.6 Å². The van der Waals surface area contributed by atoms with Gasteiger partial charge in [0.15, 0.2) is 0 Å². The van der Waals surface area contributed by atoms with Gasteiger partial charge in [-0.1, -0.05) is 25.1 Å². The van der Waals surface area contributed by atoms with Crippen LogP contribution >= 0.6 is 0 Å². The summed E-state index contributed by atoms with van der Waals surface area (Å²) in [7, 11) is 0. The first-order chi connectivity index (χ1) is 14.6. The van der Waals surface area contributed by atoms with Crippen LogP contribution < -0.4 is 10.1 Å². The maximum atomic E-state index is 11.7. The van der Waals surface area contributed by atoms with E-state index in [9.17, 15) is 4.79 Å². The molecule has 0 aliphatic carbocycles. The normalized spacial score (nSPS) is 11.0. The van der Waals surface area contributed by atoms with Crippen molar-refractivity contribution in [1.29, 1.82) is 0 Å². The van der Waals surface area contributed by atoms with Gasteiger partial charge >= 0.3 is 0 Å². The quantitative estimate of drug-likeness (QED) is 0.457. The molecule has 0 aliphatic rings. The van der Waals surface area contributed by atoms with E-state index in [1.54, 1.807) is 0 Å². The number of fused-ring (bicyclic) bond motifs is 1. The minimum Gasteiger partial charge on any atom is -0.494 e. The van der Waals surface area contributed by atoms with Crippen molar-refractivity contribution < 1.29 is 9.53 Å².